The van der Waals surface area contributed by atoms with Gasteiger partial charge < -0.3 is 19.7 Å². The quantitative estimate of drug-likeness (QED) is 0.291. The molecule has 0 radical (unpaired) electrons. The van der Waals surface area contributed by atoms with Gasteiger partial charge in [0, 0.05) is 25.5 Å². The topological polar surface area (TPSA) is 93.1 Å². The summed E-state index contributed by atoms with van der Waals surface area (Å²) in [4.78, 5) is 22.3. The number of unbranched alkanes of at least 4 members (excludes halogenated alkanes) is 1. The van der Waals surface area contributed by atoms with Crippen molar-refractivity contribution >= 4 is 11.9 Å². The molecule has 0 aliphatic rings. The standard InChI is InChI=1S/C12H20O6/c1-3-10(14)17-12(16,18-11(15)4-2)8-6-5-7-9-13/h6,8,13,16H,3-5,7,9H2,1-2H3/b8-6+. The third-order valence-electron chi connectivity index (χ3n) is 1.95. The Morgan fingerprint density at radius 1 is 1.17 bits per heavy atom. The maximum atomic E-state index is 11.1. The molecule has 0 atom stereocenters. The van der Waals surface area contributed by atoms with E-state index >= 15 is 0 Å². The molecule has 0 unspecified atom stereocenters. The Bertz CT molecular complexity index is 279. The molecular formula is C12H20O6. The van der Waals surface area contributed by atoms with Gasteiger partial charge in [0.2, 0.25) is 0 Å². The fraction of sp³-hybridized carbons (Fsp3) is 0.667. The molecule has 6 heteroatoms. The van der Waals surface area contributed by atoms with Gasteiger partial charge in [0.25, 0.3) is 0 Å². The van der Waals surface area contributed by atoms with Crippen molar-refractivity contribution in [2.75, 3.05) is 6.61 Å². The number of esters is 2. The van der Waals surface area contributed by atoms with Gasteiger partial charge in [-0.15, -0.1) is 0 Å². The van der Waals surface area contributed by atoms with Crippen molar-refractivity contribution in [2.45, 2.75) is 45.5 Å². The highest BCUT2D eigenvalue weighted by Crippen LogP contribution is 2.14. The number of carbonyl (C=O) groups is 2. The van der Waals surface area contributed by atoms with Crippen molar-refractivity contribution in [3.05, 3.63) is 12.2 Å². The van der Waals surface area contributed by atoms with Gasteiger partial charge in [0.15, 0.2) is 0 Å². The van der Waals surface area contributed by atoms with Crippen molar-refractivity contribution in [1.82, 2.24) is 0 Å². The molecule has 0 rings (SSSR count). The van der Waals surface area contributed by atoms with Crippen LogP contribution in [-0.4, -0.2) is 34.7 Å². The Morgan fingerprint density at radius 3 is 2.06 bits per heavy atom. The molecule has 2 N–H and O–H groups in total. The minimum atomic E-state index is -2.37. The summed E-state index contributed by atoms with van der Waals surface area (Å²) in [6.07, 6.45) is 3.63. The van der Waals surface area contributed by atoms with Gasteiger partial charge in [0.05, 0.1) is 0 Å². The number of aliphatic hydroxyl groups excluding tert-OH is 1. The van der Waals surface area contributed by atoms with Crippen LogP contribution in [0.25, 0.3) is 0 Å². The summed E-state index contributed by atoms with van der Waals surface area (Å²) in [7, 11) is 0. The number of aliphatic hydroxyl groups is 2. The molecule has 0 aliphatic carbocycles. The van der Waals surface area contributed by atoms with E-state index in [4.69, 9.17) is 5.11 Å². The van der Waals surface area contributed by atoms with Gasteiger partial charge in [-0.2, -0.15) is 0 Å². The molecule has 0 bridgehead atoms. The van der Waals surface area contributed by atoms with Crippen LogP contribution in [0.5, 0.6) is 0 Å². The summed E-state index contributed by atoms with van der Waals surface area (Å²) < 4.78 is 9.33. The molecule has 104 valence electrons. The van der Waals surface area contributed by atoms with Crippen molar-refractivity contribution < 1.29 is 29.3 Å². The van der Waals surface area contributed by atoms with Gasteiger partial charge >= 0.3 is 17.9 Å². The highest BCUT2D eigenvalue weighted by atomic mass is 16.8. The molecule has 0 aliphatic heterocycles. The second-order valence-corrected chi connectivity index (χ2v) is 3.55. The van der Waals surface area contributed by atoms with Gasteiger partial charge in [-0.05, 0) is 12.8 Å². The maximum absolute atomic E-state index is 11.1. The molecular weight excluding hydrogens is 240 g/mol. The molecule has 0 fully saturated rings. The molecule has 0 saturated carbocycles. The van der Waals surface area contributed by atoms with Crippen molar-refractivity contribution in [3.8, 4) is 0 Å². The number of allylic oxidation sites excluding steroid dienone is 1. The van der Waals surface area contributed by atoms with E-state index in [0.29, 0.717) is 12.8 Å². The Balaban J connectivity index is 4.62. The smallest absolute Gasteiger partial charge is 0.395 e. The molecule has 0 spiro atoms. The van der Waals surface area contributed by atoms with E-state index in [0.717, 1.165) is 6.08 Å². The molecule has 0 amide bonds. The number of rotatable bonds is 8. The first-order valence-electron chi connectivity index (χ1n) is 5.92. The summed E-state index contributed by atoms with van der Waals surface area (Å²) in [5, 5.41) is 18.5. The van der Waals surface area contributed by atoms with E-state index in [9.17, 15) is 14.7 Å². The lowest BCUT2D eigenvalue weighted by Crippen LogP contribution is -2.37. The van der Waals surface area contributed by atoms with E-state index in [1.807, 2.05) is 0 Å². The molecule has 0 aromatic heterocycles. The summed E-state index contributed by atoms with van der Waals surface area (Å²) >= 11 is 0. The van der Waals surface area contributed by atoms with Crippen LogP contribution in [0.4, 0.5) is 0 Å². The fourth-order valence-electron chi connectivity index (χ4n) is 1.00. The first kappa shape index (κ1) is 16.6. The predicted molar refractivity (Wildman–Crippen MR) is 63.2 cm³/mol. The average Bonchev–Trinajstić information content (AvgIpc) is 2.34. The van der Waals surface area contributed by atoms with Crippen molar-refractivity contribution in [3.63, 3.8) is 0 Å². The molecule has 6 nitrogen and oxygen atoms in total. The lowest BCUT2D eigenvalue weighted by Gasteiger charge is -2.23. The summed E-state index contributed by atoms with van der Waals surface area (Å²) in [6.45, 7) is 3.12. The van der Waals surface area contributed by atoms with Crippen LogP contribution in [0.15, 0.2) is 12.2 Å². The number of hydrogen-bond donors (Lipinski definition) is 2. The third-order valence-corrected chi connectivity index (χ3v) is 1.95. The number of hydrogen-bond acceptors (Lipinski definition) is 6. The number of carbonyl (C=O) groups excluding carboxylic acids is 2. The Kier molecular flexibility index (Phi) is 7.98. The van der Waals surface area contributed by atoms with Crippen LogP contribution >= 0.6 is 0 Å². The van der Waals surface area contributed by atoms with Crippen LogP contribution in [0, 0.1) is 0 Å². The van der Waals surface area contributed by atoms with Crippen molar-refractivity contribution in [2.24, 2.45) is 0 Å². The molecule has 0 saturated heterocycles. The van der Waals surface area contributed by atoms with E-state index in [1.165, 1.54) is 6.08 Å². The zero-order chi connectivity index (χ0) is 14.0. The van der Waals surface area contributed by atoms with Crippen LogP contribution in [0.2, 0.25) is 0 Å². The zero-order valence-corrected chi connectivity index (χ0v) is 10.7. The van der Waals surface area contributed by atoms with Crippen LogP contribution in [-0.2, 0) is 19.1 Å². The summed E-state index contributed by atoms with van der Waals surface area (Å²) in [5.41, 5.74) is 0. The van der Waals surface area contributed by atoms with E-state index in [1.54, 1.807) is 13.8 Å². The summed E-state index contributed by atoms with van der Waals surface area (Å²) in [6, 6.07) is 0. The van der Waals surface area contributed by atoms with Gasteiger partial charge in [-0.1, -0.05) is 19.9 Å². The molecule has 0 heterocycles. The lowest BCUT2D eigenvalue weighted by molar-refractivity contribution is -0.296. The van der Waals surface area contributed by atoms with Gasteiger partial charge in [-0.25, -0.2) is 0 Å². The SMILES string of the molecule is CCC(=O)OC(O)(/C=C/CCCO)OC(=O)CC. The van der Waals surface area contributed by atoms with Crippen LogP contribution in [0.1, 0.15) is 39.5 Å². The monoisotopic (exact) mass is 260 g/mol. The lowest BCUT2D eigenvalue weighted by atomic mass is 10.3. The number of ether oxygens (including phenoxy) is 2. The van der Waals surface area contributed by atoms with Gasteiger partial charge in [0.1, 0.15) is 0 Å². The van der Waals surface area contributed by atoms with E-state index in [-0.39, 0.29) is 19.4 Å². The fourth-order valence-corrected chi connectivity index (χ4v) is 1.00. The van der Waals surface area contributed by atoms with Gasteiger partial charge in [-0.3, -0.25) is 9.59 Å². The Labute approximate surface area is 106 Å². The highest BCUT2D eigenvalue weighted by molar-refractivity contribution is 5.71. The normalized spacial score (nSPS) is 11.6. The van der Waals surface area contributed by atoms with E-state index in [2.05, 4.69) is 9.47 Å². The second-order valence-electron chi connectivity index (χ2n) is 3.55. The molecule has 18 heavy (non-hydrogen) atoms. The largest absolute Gasteiger partial charge is 0.396 e. The minimum absolute atomic E-state index is 0.00621. The Morgan fingerprint density at radius 2 is 1.67 bits per heavy atom. The Hall–Kier alpha value is -1.40. The maximum Gasteiger partial charge on any atom is 0.395 e. The highest BCUT2D eigenvalue weighted by Gasteiger charge is 2.32. The third kappa shape index (κ3) is 7.03. The molecule has 0 aromatic rings. The van der Waals surface area contributed by atoms with E-state index < -0.39 is 17.9 Å². The second kappa shape index (κ2) is 8.66. The van der Waals surface area contributed by atoms with Crippen molar-refractivity contribution in [1.29, 1.82) is 0 Å². The van der Waals surface area contributed by atoms with Crippen LogP contribution in [0.3, 0.4) is 0 Å². The predicted octanol–water partition coefficient (Wildman–Crippen LogP) is 0.868. The average molecular weight is 260 g/mol. The minimum Gasteiger partial charge on any atom is -0.396 e. The summed E-state index contributed by atoms with van der Waals surface area (Å²) in [5.74, 6) is -3.74. The first-order chi connectivity index (χ1) is 8.47. The molecule has 0 aromatic carbocycles. The zero-order valence-electron chi connectivity index (χ0n) is 10.7. The first-order valence-corrected chi connectivity index (χ1v) is 5.92. The van der Waals surface area contributed by atoms with Crippen LogP contribution < -0.4 is 0 Å².